The maximum absolute atomic E-state index is 11.1. The molecular weight excluding hydrogens is 170 g/mol. The molecule has 1 heterocycles. The minimum atomic E-state index is -0.489. The van der Waals surface area contributed by atoms with Crippen LogP contribution in [-0.2, 0) is 14.3 Å². The normalized spacial score (nSPS) is 17.3. The summed E-state index contributed by atoms with van der Waals surface area (Å²) in [5.74, 6) is -0.537. The van der Waals surface area contributed by atoms with Crippen LogP contribution in [0.2, 0.25) is 0 Å². The van der Waals surface area contributed by atoms with Crippen molar-refractivity contribution in [1.82, 2.24) is 4.90 Å². The van der Waals surface area contributed by atoms with Crippen LogP contribution in [0.1, 0.15) is 13.8 Å². The van der Waals surface area contributed by atoms with E-state index in [4.69, 9.17) is 4.74 Å². The van der Waals surface area contributed by atoms with Gasteiger partial charge in [0.05, 0.1) is 12.1 Å². The maximum Gasteiger partial charge on any atom is 0.253 e. The van der Waals surface area contributed by atoms with Gasteiger partial charge in [0.15, 0.2) is 0 Å². The van der Waals surface area contributed by atoms with E-state index in [1.54, 1.807) is 7.11 Å². The minimum absolute atomic E-state index is 0.268. The molecule has 0 atom stereocenters. The highest BCUT2D eigenvalue weighted by Gasteiger charge is 2.30. The molecule has 0 saturated carbocycles. The van der Waals surface area contributed by atoms with Crippen LogP contribution < -0.4 is 0 Å². The molecule has 0 saturated heterocycles. The van der Waals surface area contributed by atoms with E-state index in [0.717, 1.165) is 0 Å². The van der Waals surface area contributed by atoms with E-state index >= 15 is 0 Å². The highest BCUT2D eigenvalue weighted by Crippen LogP contribution is 2.13. The fraction of sp³-hybridized carbons (Fsp3) is 0.556. The van der Waals surface area contributed by atoms with Crippen LogP contribution in [0.5, 0.6) is 0 Å². The summed E-state index contributed by atoms with van der Waals surface area (Å²) in [5.41, 5.74) is -0.489. The van der Waals surface area contributed by atoms with Gasteiger partial charge in [0.25, 0.3) is 11.8 Å². The van der Waals surface area contributed by atoms with Gasteiger partial charge in [0.1, 0.15) is 0 Å². The van der Waals surface area contributed by atoms with Crippen LogP contribution in [0.3, 0.4) is 0 Å². The number of carbonyl (C=O) groups is 2. The number of ether oxygens (including phenoxy) is 1. The molecule has 0 spiro atoms. The Balaban J connectivity index is 2.65. The number of nitrogens with zero attached hydrogens (tertiary/aromatic N) is 1. The van der Waals surface area contributed by atoms with Crippen molar-refractivity contribution >= 4 is 11.8 Å². The Morgan fingerprint density at radius 3 is 2.15 bits per heavy atom. The number of hydrogen-bond donors (Lipinski definition) is 0. The molecule has 0 unspecified atom stereocenters. The molecule has 0 bridgehead atoms. The zero-order valence-electron chi connectivity index (χ0n) is 8.03. The predicted octanol–water partition coefficient (Wildman–Crippen LogP) is 0.336. The standard InChI is InChI=1S/C9H13NO3/c1-9(2,13-3)6-10-7(11)4-5-8(10)12/h4-5H,6H2,1-3H3. The topological polar surface area (TPSA) is 46.6 Å². The number of rotatable bonds is 3. The first-order chi connectivity index (χ1) is 5.96. The first-order valence-electron chi connectivity index (χ1n) is 4.05. The third kappa shape index (κ3) is 2.15. The summed E-state index contributed by atoms with van der Waals surface area (Å²) in [7, 11) is 1.55. The van der Waals surface area contributed by atoms with Crippen LogP contribution in [0.15, 0.2) is 12.2 Å². The zero-order chi connectivity index (χ0) is 10.1. The molecule has 0 fully saturated rings. The van der Waals surface area contributed by atoms with Gasteiger partial charge in [-0.15, -0.1) is 0 Å². The molecule has 13 heavy (non-hydrogen) atoms. The van der Waals surface area contributed by atoms with Gasteiger partial charge in [0, 0.05) is 19.3 Å². The second kappa shape index (κ2) is 3.30. The van der Waals surface area contributed by atoms with Crippen molar-refractivity contribution in [3.05, 3.63) is 12.2 Å². The fourth-order valence-corrected chi connectivity index (χ4v) is 1.03. The summed E-state index contributed by atoms with van der Waals surface area (Å²) in [6.45, 7) is 3.94. The smallest absolute Gasteiger partial charge is 0.253 e. The molecule has 0 aromatic carbocycles. The van der Waals surface area contributed by atoms with E-state index in [2.05, 4.69) is 0 Å². The van der Waals surface area contributed by atoms with Crippen molar-refractivity contribution < 1.29 is 14.3 Å². The lowest BCUT2D eigenvalue weighted by Gasteiger charge is -2.27. The minimum Gasteiger partial charge on any atom is -0.377 e. The molecule has 4 nitrogen and oxygen atoms in total. The van der Waals surface area contributed by atoms with Gasteiger partial charge in [-0.05, 0) is 13.8 Å². The Morgan fingerprint density at radius 2 is 1.77 bits per heavy atom. The lowest BCUT2D eigenvalue weighted by atomic mass is 10.1. The van der Waals surface area contributed by atoms with Crippen molar-refractivity contribution in [1.29, 1.82) is 0 Å². The molecule has 1 aliphatic rings. The van der Waals surface area contributed by atoms with E-state index in [1.807, 2.05) is 13.8 Å². The van der Waals surface area contributed by atoms with Crippen molar-refractivity contribution in [3.8, 4) is 0 Å². The molecule has 0 aromatic heterocycles. The Hall–Kier alpha value is -1.16. The van der Waals surface area contributed by atoms with Gasteiger partial charge in [-0.1, -0.05) is 0 Å². The van der Waals surface area contributed by atoms with E-state index in [9.17, 15) is 9.59 Å². The van der Waals surface area contributed by atoms with Gasteiger partial charge in [-0.2, -0.15) is 0 Å². The summed E-state index contributed by atoms with van der Waals surface area (Å²) in [6, 6.07) is 0. The van der Waals surface area contributed by atoms with Gasteiger partial charge < -0.3 is 4.74 Å². The van der Waals surface area contributed by atoms with E-state index in [1.165, 1.54) is 17.1 Å². The lowest BCUT2D eigenvalue weighted by molar-refractivity contribution is -0.140. The van der Waals surface area contributed by atoms with E-state index in [-0.39, 0.29) is 18.4 Å². The highest BCUT2D eigenvalue weighted by molar-refractivity contribution is 6.12. The largest absolute Gasteiger partial charge is 0.377 e. The Kier molecular flexibility index (Phi) is 2.52. The molecular formula is C9H13NO3. The van der Waals surface area contributed by atoms with Crippen molar-refractivity contribution in [2.75, 3.05) is 13.7 Å². The molecule has 2 amide bonds. The number of methoxy groups -OCH3 is 1. The molecule has 72 valence electrons. The number of hydrogen-bond acceptors (Lipinski definition) is 3. The SMILES string of the molecule is COC(C)(C)CN1C(=O)C=CC1=O. The highest BCUT2D eigenvalue weighted by atomic mass is 16.5. The lowest BCUT2D eigenvalue weighted by Crippen LogP contribution is -2.43. The van der Waals surface area contributed by atoms with Crippen LogP contribution in [0.25, 0.3) is 0 Å². The summed E-state index contributed by atoms with van der Waals surface area (Å²) >= 11 is 0. The molecule has 0 N–H and O–H groups in total. The summed E-state index contributed by atoms with van der Waals surface area (Å²) < 4.78 is 5.12. The third-order valence-corrected chi connectivity index (χ3v) is 1.99. The van der Waals surface area contributed by atoms with Crippen LogP contribution in [-0.4, -0.2) is 36.0 Å². The number of amides is 2. The van der Waals surface area contributed by atoms with Gasteiger partial charge in [-0.3, -0.25) is 14.5 Å². The second-order valence-electron chi connectivity index (χ2n) is 3.56. The van der Waals surface area contributed by atoms with Crippen LogP contribution in [0, 0.1) is 0 Å². The van der Waals surface area contributed by atoms with Gasteiger partial charge in [-0.25, -0.2) is 0 Å². The number of carbonyl (C=O) groups excluding carboxylic acids is 2. The molecule has 0 aliphatic carbocycles. The Morgan fingerprint density at radius 1 is 1.31 bits per heavy atom. The molecule has 1 rings (SSSR count). The summed E-state index contributed by atoms with van der Waals surface area (Å²) in [6.07, 6.45) is 2.54. The average molecular weight is 183 g/mol. The average Bonchev–Trinajstić information content (AvgIpc) is 2.36. The van der Waals surface area contributed by atoms with Crippen molar-refractivity contribution in [2.45, 2.75) is 19.4 Å². The third-order valence-electron chi connectivity index (χ3n) is 1.99. The molecule has 0 radical (unpaired) electrons. The van der Waals surface area contributed by atoms with Crippen molar-refractivity contribution in [2.24, 2.45) is 0 Å². The van der Waals surface area contributed by atoms with Crippen LogP contribution in [0.4, 0.5) is 0 Å². The zero-order valence-corrected chi connectivity index (χ0v) is 8.03. The van der Waals surface area contributed by atoms with Crippen molar-refractivity contribution in [3.63, 3.8) is 0 Å². The van der Waals surface area contributed by atoms with Gasteiger partial charge in [0.2, 0.25) is 0 Å². The quantitative estimate of drug-likeness (QED) is 0.592. The summed E-state index contributed by atoms with van der Waals surface area (Å²) in [4.78, 5) is 23.5. The molecule has 1 aliphatic heterocycles. The monoisotopic (exact) mass is 183 g/mol. The first kappa shape index (κ1) is 9.92. The van der Waals surface area contributed by atoms with E-state index in [0.29, 0.717) is 0 Å². The number of imide groups is 1. The maximum atomic E-state index is 11.1. The predicted molar refractivity (Wildman–Crippen MR) is 46.9 cm³/mol. The van der Waals surface area contributed by atoms with E-state index < -0.39 is 5.60 Å². The molecule has 0 aromatic rings. The Bertz CT molecular complexity index is 250. The molecule has 4 heteroatoms. The van der Waals surface area contributed by atoms with Gasteiger partial charge >= 0.3 is 0 Å². The first-order valence-corrected chi connectivity index (χ1v) is 4.05. The van der Waals surface area contributed by atoms with Crippen LogP contribution >= 0.6 is 0 Å². The fourth-order valence-electron chi connectivity index (χ4n) is 1.03. The summed E-state index contributed by atoms with van der Waals surface area (Å²) in [5, 5.41) is 0. The second-order valence-corrected chi connectivity index (χ2v) is 3.56. The Labute approximate surface area is 77.2 Å².